The summed E-state index contributed by atoms with van der Waals surface area (Å²) in [5.74, 6) is -0.149. The van der Waals surface area contributed by atoms with Crippen LogP contribution in [0.4, 0.5) is 4.79 Å². The van der Waals surface area contributed by atoms with Gasteiger partial charge in [0.15, 0.2) is 0 Å². The summed E-state index contributed by atoms with van der Waals surface area (Å²) in [6.45, 7) is 6.98. The van der Waals surface area contributed by atoms with Crippen LogP contribution in [0, 0.1) is 0 Å². The Labute approximate surface area is 142 Å². The van der Waals surface area contributed by atoms with E-state index in [-0.39, 0.29) is 18.0 Å². The number of nitrogens with one attached hydrogen (secondary N) is 1. The van der Waals surface area contributed by atoms with Crippen molar-refractivity contribution in [3.63, 3.8) is 0 Å². The normalized spacial score (nSPS) is 27.1. The van der Waals surface area contributed by atoms with Gasteiger partial charge in [-0.25, -0.2) is 4.79 Å². The Hall–Kier alpha value is -1.92. The number of benzene rings is 1. The number of likely N-dealkylation sites (tertiary alicyclic amines) is 1. The average molecular weight is 331 g/mol. The van der Waals surface area contributed by atoms with E-state index in [1.54, 1.807) is 6.92 Å². The molecule has 2 atom stereocenters. The summed E-state index contributed by atoms with van der Waals surface area (Å²) in [6.07, 6.45) is 0.575. The number of urea groups is 1. The predicted octanol–water partition coefficient (Wildman–Crippen LogP) is 1.30. The van der Waals surface area contributed by atoms with E-state index in [4.69, 9.17) is 0 Å². The van der Waals surface area contributed by atoms with E-state index in [1.807, 2.05) is 44.2 Å². The van der Waals surface area contributed by atoms with Crippen LogP contribution in [0.1, 0.15) is 32.8 Å². The smallest absolute Gasteiger partial charge is 0.325 e. The van der Waals surface area contributed by atoms with E-state index in [2.05, 4.69) is 10.2 Å². The lowest BCUT2D eigenvalue weighted by Crippen LogP contribution is -2.50. The molecule has 2 heterocycles. The van der Waals surface area contributed by atoms with Gasteiger partial charge in [-0.3, -0.25) is 14.6 Å². The van der Waals surface area contributed by atoms with Crippen LogP contribution in [0.3, 0.4) is 0 Å². The van der Waals surface area contributed by atoms with Gasteiger partial charge in [-0.2, -0.15) is 0 Å². The Bertz CT molecular complexity index is 644. The highest BCUT2D eigenvalue weighted by Crippen LogP contribution is 2.32. The molecule has 0 aromatic heterocycles. The minimum absolute atomic E-state index is 0.149. The third-order valence-electron chi connectivity index (χ3n) is 4.99. The molecular formula is C18H25N3O3. The fraction of sp³-hybridized carbons (Fsp3) is 0.556. The van der Waals surface area contributed by atoms with Crippen molar-refractivity contribution in [1.82, 2.24) is 15.1 Å². The number of aliphatic hydroxyl groups is 1. The lowest BCUT2D eigenvalue weighted by Gasteiger charge is -2.30. The zero-order chi connectivity index (χ0) is 17.5. The SMILES string of the molecule is CC(C)N1C(=O)N[C@@]2(CCN(C[C@](C)(O)c3ccccc3)C2)C1=O. The average Bonchev–Trinajstić information content (AvgIpc) is 3.01. The molecule has 6 nitrogen and oxygen atoms in total. The van der Waals surface area contributed by atoms with Crippen molar-refractivity contribution < 1.29 is 14.7 Å². The molecule has 1 aromatic rings. The molecule has 3 rings (SSSR count). The van der Waals surface area contributed by atoms with Crippen molar-refractivity contribution in [1.29, 1.82) is 0 Å². The fourth-order valence-corrected chi connectivity index (χ4v) is 3.73. The van der Waals surface area contributed by atoms with E-state index in [9.17, 15) is 14.7 Å². The van der Waals surface area contributed by atoms with Gasteiger partial charge in [-0.1, -0.05) is 30.3 Å². The maximum atomic E-state index is 12.7. The second kappa shape index (κ2) is 5.86. The third-order valence-corrected chi connectivity index (χ3v) is 4.99. The standard InChI is InChI=1S/C18H25N3O3/c1-13(2)21-15(22)18(19-16(21)23)9-10-20(12-18)11-17(3,24)14-7-5-4-6-8-14/h4-8,13,24H,9-12H2,1-3H3,(H,19,23)/t17-,18+/m0/s1. The molecule has 2 aliphatic heterocycles. The number of amides is 3. The van der Waals surface area contributed by atoms with Crippen LogP contribution < -0.4 is 5.32 Å². The van der Waals surface area contributed by atoms with Gasteiger partial charge in [0, 0.05) is 25.7 Å². The Morgan fingerprint density at radius 1 is 1.29 bits per heavy atom. The number of nitrogens with zero attached hydrogens (tertiary/aromatic N) is 2. The van der Waals surface area contributed by atoms with Crippen molar-refractivity contribution in [3.05, 3.63) is 35.9 Å². The maximum absolute atomic E-state index is 12.7. The van der Waals surface area contributed by atoms with Crippen molar-refractivity contribution in [2.45, 2.75) is 44.4 Å². The molecule has 130 valence electrons. The quantitative estimate of drug-likeness (QED) is 0.816. The summed E-state index contributed by atoms with van der Waals surface area (Å²) < 4.78 is 0. The van der Waals surface area contributed by atoms with Crippen molar-refractivity contribution in [2.75, 3.05) is 19.6 Å². The monoisotopic (exact) mass is 331 g/mol. The molecule has 0 aliphatic carbocycles. The highest BCUT2D eigenvalue weighted by atomic mass is 16.3. The first-order valence-corrected chi connectivity index (χ1v) is 8.41. The second-order valence-electron chi connectivity index (χ2n) is 7.38. The molecule has 3 amide bonds. The summed E-state index contributed by atoms with van der Waals surface area (Å²) in [7, 11) is 0. The largest absolute Gasteiger partial charge is 0.384 e. The molecule has 6 heteroatoms. The number of carbonyl (C=O) groups excluding carboxylic acids is 2. The van der Waals surface area contributed by atoms with E-state index in [1.165, 1.54) is 4.90 Å². The summed E-state index contributed by atoms with van der Waals surface area (Å²) in [6, 6.07) is 9.04. The van der Waals surface area contributed by atoms with Crippen molar-refractivity contribution >= 4 is 11.9 Å². The maximum Gasteiger partial charge on any atom is 0.325 e. The number of β-amino-alcohol motifs (C(OH)–C–C–N with tert-alkyl or cyclic N) is 1. The molecule has 0 bridgehead atoms. The van der Waals surface area contributed by atoms with Gasteiger partial charge in [0.1, 0.15) is 5.54 Å². The molecule has 2 fully saturated rings. The van der Waals surface area contributed by atoms with E-state index < -0.39 is 11.1 Å². The summed E-state index contributed by atoms with van der Waals surface area (Å²) in [5.41, 5.74) is -0.999. The zero-order valence-corrected chi connectivity index (χ0v) is 14.5. The predicted molar refractivity (Wildman–Crippen MR) is 90.3 cm³/mol. The molecule has 0 radical (unpaired) electrons. The molecular weight excluding hydrogens is 306 g/mol. The molecule has 24 heavy (non-hydrogen) atoms. The summed E-state index contributed by atoms with van der Waals surface area (Å²) in [4.78, 5) is 28.2. The number of rotatable bonds is 4. The molecule has 2 aliphatic rings. The van der Waals surface area contributed by atoms with Crippen LogP contribution in [0.2, 0.25) is 0 Å². The first kappa shape index (κ1) is 16.9. The highest BCUT2D eigenvalue weighted by Gasteiger charge is 2.55. The van der Waals surface area contributed by atoms with Crippen LogP contribution in [0.5, 0.6) is 0 Å². The van der Waals surface area contributed by atoms with Crippen LogP contribution >= 0.6 is 0 Å². The topological polar surface area (TPSA) is 72.9 Å². The van der Waals surface area contributed by atoms with Crippen LogP contribution in [-0.2, 0) is 10.4 Å². The first-order chi connectivity index (χ1) is 11.3. The third kappa shape index (κ3) is 2.80. The first-order valence-electron chi connectivity index (χ1n) is 8.41. The Morgan fingerprint density at radius 2 is 1.96 bits per heavy atom. The van der Waals surface area contributed by atoms with Gasteiger partial charge in [0.05, 0.1) is 5.60 Å². The zero-order valence-electron chi connectivity index (χ0n) is 14.5. The molecule has 1 spiro atoms. The molecule has 2 saturated heterocycles. The van der Waals surface area contributed by atoms with Gasteiger partial charge in [0.2, 0.25) is 0 Å². The Kier molecular flexibility index (Phi) is 4.13. The molecule has 1 aromatic carbocycles. The second-order valence-corrected chi connectivity index (χ2v) is 7.38. The minimum atomic E-state index is -1.00. The number of imide groups is 1. The Balaban J connectivity index is 1.72. The van der Waals surface area contributed by atoms with Gasteiger partial charge < -0.3 is 10.4 Å². The minimum Gasteiger partial charge on any atom is -0.384 e. The summed E-state index contributed by atoms with van der Waals surface area (Å²) in [5, 5.41) is 13.7. The van der Waals surface area contributed by atoms with Crippen LogP contribution in [0.15, 0.2) is 30.3 Å². The summed E-state index contributed by atoms with van der Waals surface area (Å²) >= 11 is 0. The Morgan fingerprint density at radius 3 is 2.54 bits per heavy atom. The van der Waals surface area contributed by atoms with E-state index in [0.717, 1.165) is 5.56 Å². The highest BCUT2D eigenvalue weighted by molar-refractivity contribution is 6.07. The lowest BCUT2D eigenvalue weighted by molar-refractivity contribution is -0.132. The number of hydrogen-bond donors (Lipinski definition) is 2. The lowest BCUT2D eigenvalue weighted by atomic mass is 9.95. The molecule has 0 saturated carbocycles. The van der Waals surface area contributed by atoms with Gasteiger partial charge >= 0.3 is 6.03 Å². The molecule has 2 N–H and O–H groups in total. The fourth-order valence-electron chi connectivity index (χ4n) is 3.73. The number of carbonyl (C=O) groups is 2. The van der Waals surface area contributed by atoms with Crippen molar-refractivity contribution in [3.8, 4) is 0 Å². The van der Waals surface area contributed by atoms with Gasteiger partial charge in [-0.15, -0.1) is 0 Å². The van der Waals surface area contributed by atoms with E-state index in [0.29, 0.717) is 26.1 Å². The van der Waals surface area contributed by atoms with Gasteiger partial charge in [0.25, 0.3) is 5.91 Å². The van der Waals surface area contributed by atoms with Crippen molar-refractivity contribution in [2.24, 2.45) is 0 Å². The molecule has 0 unspecified atom stereocenters. The van der Waals surface area contributed by atoms with Gasteiger partial charge in [-0.05, 0) is 32.8 Å². The number of hydrogen-bond acceptors (Lipinski definition) is 4. The van der Waals surface area contributed by atoms with Crippen LogP contribution in [-0.4, -0.2) is 58.1 Å². The van der Waals surface area contributed by atoms with Crippen LogP contribution in [0.25, 0.3) is 0 Å². The van der Waals surface area contributed by atoms with E-state index >= 15 is 0 Å².